The smallest absolute Gasteiger partial charge is 0.282 e. The Morgan fingerprint density at radius 1 is 1.06 bits per heavy atom. The Hall–Kier alpha value is -3.46. The zero-order valence-electron chi connectivity index (χ0n) is 18.5. The molecule has 0 aromatic heterocycles. The Balaban J connectivity index is 1.53. The number of aryl methyl sites for hydroxylation is 1. The number of aromatic nitrogens is 3. The third-order valence-electron chi connectivity index (χ3n) is 5.63. The zero-order valence-corrected chi connectivity index (χ0v) is 18.5. The van der Waals surface area contributed by atoms with E-state index in [1.54, 1.807) is 28.9 Å². The highest BCUT2D eigenvalue weighted by Crippen LogP contribution is 2.23. The predicted octanol–water partition coefficient (Wildman–Crippen LogP) is 0.960. The number of piperazine rings is 1. The molecule has 1 saturated heterocycles. The number of rotatable bonds is 6. The monoisotopic (exact) mass is 436 g/mol. The van der Waals surface area contributed by atoms with Crippen LogP contribution >= 0.6 is 0 Å². The van der Waals surface area contributed by atoms with Crippen LogP contribution in [0.25, 0.3) is 16.9 Å². The number of benzene rings is 1. The third-order valence-corrected chi connectivity index (χ3v) is 5.63. The van der Waals surface area contributed by atoms with Crippen LogP contribution in [0.3, 0.4) is 0 Å². The van der Waals surface area contributed by atoms with Gasteiger partial charge in [0.05, 0.1) is 23.4 Å². The van der Waals surface area contributed by atoms with Gasteiger partial charge in [0.1, 0.15) is 5.69 Å². The van der Waals surface area contributed by atoms with E-state index >= 15 is 0 Å². The zero-order chi connectivity index (χ0) is 22.7. The summed E-state index contributed by atoms with van der Waals surface area (Å²) in [5.41, 5.74) is 1.63. The van der Waals surface area contributed by atoms with Crippen molar-refractivity contribution >= 4 is 11.8 Å². The van der Waals surface area contributed by atoms with Gasteiger partial charge in [-0.2, -0.15) is 9.78 Å². The first kappa shape index (κ1) is 21.8. The maximum Gasteiger partial charge on any atom is 0.282 e. The Labute approximate surface area is 186 Å². The van der Waals surface area contributed by atoms with Crippen LogP contribution in [0, 0.1) is 0 Å². The van der Waals surface area contributed by atoms with Gasteiger partial charge in [-0.05, 0) is 18.6 Å². The van der Waals surface area contributed by atoms with Crippen LogP contribution in [0.5, 0.6) is 0 Å². The van der Waals surface area contributed by atoms with Crippen molar-refractivity contribution in [1.82, 2.24) is 29.5 Å². The van der Waals surface area contributed by atoms with Gasteiger partial charge in [0.2, 0.25) is 5.91 Å². The molecule has 1 fully saturated rings. The third kappa shape index (κ3) is 4.43. The second-order valence-corrected chi connectivity index (χ2v) is 8.07. The van der Waals surface area contributed by atoms with E-state index in [-0.39, 0.29) is 17.4 Å². The molecule has 9 heteroatoms. The van der Waals surface area contributed by atoms with Crippen molar-refractivity contribution in [3.05, 3.63) is 58.6 Å². The molecular weight excluding hydrogens is 408 g/mol. The van der Waals surface area contributed by atoms with Crippen LogP contribution in [0.2, 0.25) is 0 Å². The Bertz CT molecular complexity index is 1130. The van der Waals surface area contributed by atoms with Gasteiger partial charge in [-0.1, -0.05) is 25.1 Å². The topological polar surface area (TPSA) is 92.5 Å². The number of fused-ring (bicyclic) bond motifs is 1. The fraction of sp³-hybridized carbons (Fsp3) is 0.391. The first-order valence-electron chi connectivity index (χ1n) is 10.9. The van der Waals surface area contributed by atoms with E-state index in [1.165, 1.54) is 4.68 Å². The van der Waals surface area contributed by atoms with E-state index in [4.69, 9.17) is 0 Å². The highest BCUT2D eigenvalue weighted by atomic mass is 16.2. The van der Waals surface area contributed by atoms with Crippen molar-refractivity contribution in [3.63, 3.8) is 0 Å². The average molecular weight is 437 g/mol. The number of carbonyl (C=O) groups excluding carboxylic acids is 2. The maximum atomic E-state index is 13.4. The Morgan fingerprint density at radius 2 is 1.78 bits per heavy atom. The van der Waals surface area contributed by atoms with Crippen molar-refractivity contribution in [2.24, 2.45) is 7.05 Å². The van der Waals surface area contributed by atoms with Crippen molar-refractivity contribution in [2.75, 3.05) is 39.3 Å². The van der Waals surface area contributed by atoms with E-state index in [0.29, 0.717) is 61.8 Å². The average Bonchev–Trinajstić information content (AvgIpc) is 3.14. The van der Waals surface area contributed by atoms with Crippen molar-refractivity contribution in [3.8, 4) is 16.9 Å². The summed E-state index contributed by atoms with van der Waals surface area (Å²) in [4.78, 5) is 42.1. The van der Waals surface area contributed by atoms with Gasteiger partial charge in [-0.15, -0.1) is 0 Å². The molecular formula is C23H28N6O3. The van der Waals surface area contributed by atoms with Gasteiger partial charge >= 0.3 is 0 Å². The molecule has 0 spiro atoms. The molecule has 0 unspecified atom stereocenters. The molecule has 3 heterocycles. The predicted molar refractivity (Wildman–Crippen MR) is 121 cm³/mol. The molecule has 1 aromatic rings. The fourth-order valence-corrected chi connectivity index (χ4v) is 3.94. The largest absolute Gasteiger partial charge is 0.356 e. The SMILES string of the molecule is CCCNC(=O)CN1CCN(C(=O)c2cn(C)cc3c(=O)n(-c4ccccc4)nc2-3)CC1. The number of hydrogen-bond donors (Lipinski definition) is 1. The number of para-hydroxylation sites is 1. The molecule has 3 aliphatic rings. The number of hydrogen-bond acceptors (Lipinski definition) is 5. The molecule has 32 heavy (non-hydrogen) atoms. The second kappa shape index (κ2) is 9.35. The van der Waals surface area contributed by atoms with Gasteiger partial charge in [-0.3, -0.25) is 19.3 Å². The molecule has 168 valence electrons. The normalized spacial score (nSPS) is 14.6. The van der Waals surface area contributed by atoms with Crippen molar-refractivity contribution in [2.45, 2.75) is 13.3 Å². The summed E-state index contributed by atoms with van der Waals surface area (Å²) in [5, 5.41) is 7.39. The first-order chi connectivity index (χ1) is 15.5. The summed E-state index contributed by atoms with van der Waals surface area (Å²) in [7, 11) is 1.79. The van der Waals surface area contributed by atoms with Crippen LogP contribution in [-0.4, -0.2) is 75.2 Å². The highest BCUT2D eigenvalue weighted by Gasteiger charge is 2.29. The minimum absolute atomic E-state index is 0.0119. The standard InChI is InChI=1S/C23H28N6O3/c1-3-9-24-20(30)16-27-10-12-28(13-11-27)22(31)18-14-26(2)15-19-21(18)25-29(23(19)32)17-7-5-4-6-8-17/h4-8,14-15H,3,9-13,16H2,1-2H3,(H,24,30). The van der Waals surface area contributed by atoms with Crippen molar-refractivity contribution in [1.29, 1.82) is 0 Å². The van der Waals surface area contributed by atoms with Crippen LogP contribution < -0.4 is 10.9 Å². The molecule has 1 aromatic carbocycles. The van der Waals surface area contributed by atoms with Crippen LogP contribution in [-0.2, 0) is 11.8 Å². The quantitative estimate of drug-likeness (QED) is 0.621. The Kier molecular flexibility index (Phi) is 6.36. The van der Waals surface area contributed by atoms with E-state index in [2.05, 4.69) is 15.3 Å². The molecule has 0 bridgehead atoms. The van der Waals surface area contributed by atoms with Gasteiger partial charge < -0.3 is 14.8 Å². The highest BCUT2D eigenvalue weighted by molar-refractivity contribution is 6.00. The van der Waals surface area contributed by atoms with Crippen LogP contribution in [0.1, 0.15) is 23.7 Å². The van der Waals surface area contributed by atoms with E-state index in [0.717, 1.165) is 6.42 Å². The molecule has 2 amide bonds. The summed E-state index contributed by atoms with van der Waals surface area (Å²) in [5.74, 6) is -0.142. The fourth-order valence-electron chi connectivity index (χ4n) is 3.94. The van der Waals surface area contributed by atoms with Gasteiger partial charge in [0, 0.05) is 52.2 Å². The van der Waals surface area contributed by atoms with E-state index < -0.39 is 0 Å². The number of carbonyl (C=O) groups is 2. The summed E-state index contributed by atoms with van der Waals surface area (Å²) >= 11 is 0. The second-order valence-electron chi connectivity index (χ2n) is 8.07. The number of pyridine rings is 1. The van der Waals surface area contributed by atoms with E-state index in [9.17, 15) is 14.4 Å². The molecule has 9 nitrogen and oxygen atoms in total. The van der Waals surface area contributed by atoms with Crippen LogP contribution in [0.15, 0.2) is 47.5 Å². The number of nitrogens with zero attached hydrogens (tertiary/aromatic N) is 5. The lowest BCUT2D eigenvalue weighted by Crippen LogP contribution is -2.51. The summed E-state index contributed by atoms with van der Waals surface area (Å²) in [6.07, 6.45) is 4.33. The lowest BCUT2D eigenvalue weighted by Gasteiger charge is -2.34. The summed E-state index contributed by atoms with van der Waals surface area (Å²) in [6, 6.07) is 9.18. The molecule has 1 N–H and O–H groups in total. The van der Waals surface area contributed by atoms with E-state index in [1.807, 2.05) is 37.3 Å². The van der Waals surface area contributed by atoms with Gasteiger partial charge in [0.15, 0.2) is 0 Å². The minimum atomic E-state index is -0.251. The Morgan fingerprint density at radius 3 is 2.47 bits per heavy atom. The molecule has 0 aliphatic carbocycles. The molecule has 0 saturated carbocycles. The van der Waals surface area contributed by atoms with Gasteiger partial charge in [0.25, 0.3) is 11.5 Å². The lowest BCUT2D eigenvalue weighted by molar-refractivity contribution is -0.122. The van der Waals surface area contributed by atoms with Crippen LogP contribution in [0.4, 0.5) is 0 Å². The first-order valence-corrected chi connectivity index (χ1v) is 10.9. The number of amides is 2. The molecule has 0 atom stereocenters. The van der Waals surface area contributed by atoms with Crippen molar-refractivity contribution < 1.29 is 9.59 Å². The lowest BCUT2D eigenvalue weighted by atomic mass is 10.1. The van der Waals surface area contributed by atoms with Gasteiger partial charge in [-0.25, -0.2) is 0 Å². The maximum absolute atomic E-state index is 13.4. The number of nitrogens with one attached hydrogen (secondary N) is 1. The summed E-state index contributed by atoms with van der Waals surface area (Å²) < 4.78 is 3.07. The molecule has 4 rings (SSSR count). The molecule has 3 aliphatic heterocycles. The summed E-state index contributed by atoms with van der Waals surface area (Å²) in [6.45, 7) is 5.32. The molecule has 0 radical (unpaired) electrons. The minimum Gasteiger partial charge on any atom is -0.356 e.